The van der Waals surface area contributed by atoms with Crippen molar-refractivity contribution in [1.29, 1.82) is 0 Å². The predicted molar refractivity (Wildman–Crippen MR) is 187 cm³/mol. The molecule has 14 heteroatoms. The van der Waals surface area contributed by atoms with Gasteiger partial charge in [0.25, 0.3) is 0 Å². The molecular formula is C34H42ClFN6O5Si. The minimum absolute atomic E-state index is 0.0234. The molecule has 0 bridgehead atoms. The predicted octanol–water partition coefficient (Wildman–Crippen LogP) is 7.77. The number of halogens is 2. The monoisotopic (exact) mass is 696 g/mol. The molecule has 48 heavy (non-hydrogen) atoms. The number of anilines is 1. The van der Waals surface area contributed by atoms with Crippen LogP contribution >= 0.6 is 11.6 Å². The average molecular weight is 697 g/mol. The molecule has 0 spiro atoms. The number of likely N-dealkylation sites (N-methyl/N-ethyl adjacent to an activating group) is 1. The Morgan fingerprint density at radius 2 is 1.96 bits per heavy atom. The Morgan fingerprint density at radius 1 is 1.23 bits per heavy atom. The summed E-state index contributed by atoms with van der Waals surface area (Å²) >= 11 is 6.79. The number of hydrogen-bond donors (Lipinski definition) is 1. The van der Waals surface area contributed by atoms with Crippen molar-refractivity contribution in [2.24, 2.45) is 4.99 Å². The summed E-state index contributed by atoms with van der Waals surface area (Å²) in [5.74, 6) is 1.76. The number of aromatic nitrogens is 3. The molecular weight excluding hydrogens is 655 g/mol. The highest BCUT2D eigenvalue weighted by molar-refractivity contribution is 6.74. The van der Waals surface area contributed by atoms with E-state index in [9.17, 15) is 14.3 Å². The van der Waals surface area contributed by atoms with Gasteiger partial charge in [0.1, 0.15) is 29.8 Å². The van der Waals surface area contributed by atoms with Gasteiger partial charge in [-0.05, 0) is 63.2 Å². The zero-order valence-corrected chi connectivity index (χ0v) is 30.6. The largest absolute Gasteiger partial charge is 0.491 e. The van der Waals surface area contributed by atoms with Crippen LogP contribution in [0.2, 0.25) is 23.2 Å². The second kappa shape index (κ2) is 13.4. The summed E-state index contributed by atoms with van der Waals surface area (Å²) in [6, 6.07) is 5.23. The summed E-state index contributed by atoms with van der Waals surface area (Å²) in [7, 11) is -0.746. The van der Waals surface area contributed by atoms with Crippen LogP contribution in [0.4, 0.5) is 15.0 Å². The number of carbonyl (C=O) groups is 1. The van der Waals surface area contributed by atoms with E-state index in [2.05, 4.69) is 44.0 Å². The van der Waals surface area contributed by atoms with Crippen LogP contribution < -0.4 is 9.64 Å². The Balaban J connectivity index is 1.53. The molecule has 1 aromatic carbocycles. The number of amides is 1. The van der Waals surface area contributed by atoms with E-state index in [-0.39, 0.29) is 30.6 Å². The molecule has 0 saturated heterocycles. The number of allylic oxidation sites excluding steroid dienone is 1. The minimum atomic E-state index is -2.26. The highest BCUT2D eigenvalue weighted by atomic mass is 35.5. The first kappa shape index (κ1) is 35.2. The van der Waals surface area contributed by atoms with Gasteiger partial charge in [-0.1, -0.05) is 37.5 Å². The van der Waals surface area contributed by atoms with Crippen molar-refractivity contribution in [3.63, 3.8) is 0 Å². The molecule has 1 atom stereocenters. The van der Waals surface area contributed by atoms with Gasteiger partial charge in [-0.3, -0.25) is 4.99 Å². The van der Waals surface area contributed by atoms with Gasteiger partial charge in [0.15, 0.2) is 14.1 Å². The van der Waals surface area contributed by atoms with Crippen molar-refractivity contribution in [1.82, 2.24) is 20.0 Å². The van der Waals surface area contributed by atoms with E-state index < -0.39 is 20.5 Å². The van der Waals surface area contributed by atoms with Gasteiger partial charge in [-0.2, -0.15) is 0 Å². The molecule has 0 radical (unpaired) electrons. The Hall–Kier alpha value is -4.07. The van der Waals surface area contributed by atoms with Gasteiger partial charge in [-0.25, -0.2) is 19.2 Å². The Kier molecular flexibility index (Phi) is 9.87. The van der Waals surface area contributed by atoms with E-state index >= 15 is 0 Å². The molecule has 256 valence electrons. The van der Waals surface area contributed by atoms with Crippen LogP contribution in [0.25, 0.3) is 22.6 Å². The van der Waals surface area contributed by atoms with Crippen molar-refractivity contribution in [2.75, 3.05) is 38.2 Å². The number of aryl methyl sites for hydroxylation is 2. The quantitative estimate of drug-likeness (QED) is 0.212. The van der Waals surface area contributed by atoms with Crippen LogP contribution in [0, 0.1) is 20.8 Å². The number of dihydropyridines is 1. The van der Waals surface area contributed by atoms with E-state index in [0.29, 0.717) is 57.2 Å². The zero-order chi connectivity index (χ0) is 35.1. The van der Waals surface area contributed by atoms with Crippen molar-refractivity contribution in [3.05, 3.63) is 63.9 Å². The smallest absolute Gasteiger partial charge is 0.407 e. The molecule has 4 heterocycles. The maximum Gasteiger partial charge on any atom is 0.407 e. The second-order valence-corrected chi connectivity index (χ2v) is 18.9. The molecule has 0 fully saturated rings. The SMILES string of the molecule is Cc1noc(C)c1-c1nc(-c2cc(OC[C@@H](CN(C)C(=O)O)O[Si](C)(C)C(C)(C)C)ccc2Cl)nc(N2C=C3C=C(F)CN=C3C2)c1C. The number of fused-ring (bicyclic) bond motifs is 1. The lowest BCUT2D eigenvalue weighted by atomic mass is 10.0. The summed E-state index contributed by atoms with van der Waals surface area (Å²) < 4.78 is 32.4. The Labute approximate surface area is 286 Å². The summed E-state index contributed by atoms with van der Waals surface area (Å²) in [4.78, 5) is 29.2. The summed E-state index contributed by atoms with van der Waals surface area (Å²) in [5, 5.41) is 14.0. The van der Waals surface area contributed by atoms with Crippen molar-refractivity contribution in [3.8, 4) is 28.4 Å². The topological polar surface area (TPSA) is 126 Å². The normalized spacial score (nSPS) is 15.5. The number of hydrogen-bond acceptors (Lipinski definition) is 9. The molecule has 2 aliphatic rings. The minimum Gasteiger partial charge on any atom is -0.491 e. The molecule has 1 N–H and O–H groups in total. The lowest BCUT2D eigenvalue weighted by Crippen LogP contribution is -2.49. The number of aliphatic imine (C=N–C) groups is 1. The van der Waals surface area contributed by atoms with E-state index in [4.69, 9.17) is 35.3 Å². The number of nitrogens with zero attached hydrogens (tertiary/aromatic N) is 6. The first-order valence-corrected chi connectivity index (χ1v) is 19.0. The van der Waals surface area contributed by atoms with Crippen LogP contribution in [0.15, 0.2) is 51.4 Å². The first-order chi connectivity index (χ1) is 22.4. The number of rotatable bonds is 10. The molecule has 5 rings (SSSR count). The lowest BCUT2D eigenvalue weighted by molar-refractivity contribution is 0.0794. The lowest BCUT2D eigenvalue weighted by Gasteiger charge is -2.39. The van der Waals surface area contributed by atoms with E-state index in [0.717, 1.165) is 16.8 Å². The summed E-state index contributed by atoms with van der Waals surface area (Å²) in [5.41, 5.74) is 4.86. The molecule has 3 aromatic rings. The molecule has 1 amide bonds. The fourth-order valence-corrected chi connectivity index (χ4v) is 6.88. The molecule has 0 saturated carbocycles. The molecule has 0 aliphatic carbocycles. The maximum atomic E-state index is 14.1. The Morgan fingerprint density at radius 3 is 2.60 bits per heavy atom. The van der Waals surface area contributed by atoms with Crippen molar-refractivity contribution >= 4 is 37.5 Å². The fourth-order valence-electron chi connectivity index (χ4n) is 5.35. The van der Waals surface area contributed by atoms with Crippen LogP contribution in [-0.4, -0.2) is 84.6 Å². The first-order valence-electron chi connectivity index (χ1n) is 15.7. The van der Waals surface area contributed by atoms with E-state index in [1.54, 1.807) is 18.2 Å². The third-order valence-corrected chi connectivity index (χ3v) is 13.9. The van der Waals surface area contributed by atoms with E-state index in [1.807, 2.05) is 31.9 Å². The van der Waals surface area contributed by atoms with Crippen LogP contribution in [0.3, 0.4) is 0 Å². The fraction of sp³-hybridized carbons (Fsp3) is 0.441. The number of ether oxygens (including phenoxy) is 1. The summed E-state index contributed by atoms with van der Waals surface area (Å²) in [6.07, 6.45) is 1.79. The zero-order valence-electron chi connectivity index (χ0n) is 28.8. The molecule has 11 nitrogen and oxygen atoms in total. The van der Waals surface area contributed by atoms with Crippen LogP contribution in [-0.2, 0) is 4.43 Å². The van der Waals surface area contributed by atoms with Gasteiger partial charge in [-0.15, -0.1) is 0 Å². The molecule has 2 aliphatic heterocycles. The highest BCUT2D eigenvalue weighted by Gasteiger charge is 2.40. The van der Waals surface area contributed by atoms with Crippen molar-refractivity contribution in [2.45, 2.75) is 65.8 Å². The van der Waals surface area contributed by atoms with Crippen LogP contribution in [0.1, 0.15) is 37.8 Å². The average Bonchev–Trinajstić information content (AvgIpc) is 3.57. The van der Waals surface area contributed by atoms with E-state index in [1.165, 1.54) is 18.0 Å². The van der Waals surface area contributed by atoms with Gasteiger partial charge in [0.05, 0.1) is 53.4 Å². The number of carboxylic acid groups (broad SMARTS) is 1. The molecule has 0 unspecified atom stereocenters. The third-order valence-electron chi connectivity index (χ3n) is 9.03. The summed E-state index contributed by atoms with van der Waals surface area (Å²) in [6.45, 7) is 16.9. The third kappa shape index (κ3) is 7.32. The Bertz CT molecular complexity index is 1810. The standard InChI is InChI=1S/C34H42ClFN6O5Si/c1-19-30(29-20(2)40-46-21(29)3)38-31(39-32(19)42-15-22-12-23(36)14-37-28(22)17-42)26-13-24(10-11-27(26)35)45-18-25(16-41(7)33(43)44)47-48(8,9)34(4,5)6/h10-13,15,25H,14,16-18H2,1-9H3,(H,43,44)/t25-/m1/s1. The van der Waals surface area contributed by atoms with Gasteiger partial charge in [0.2, 0.25) is 0 Å². The number of benzene rings is 1. The van der Waals surface area contributed by atoms with Crippen LogP contribution in [0.5, 0.6) is 5.75 Å². The maximum absolute atomic E-state index is 14.1. The van der Waals surface area contributed by atoms with Gasteiger partial charge < -0.3 is 28.6 Å². The second-order valence-electron chi connectivity index (χ2n) is 13.7. The van der Waals surface area contributed by atoms with Gasteiger partial charge in [0, 0.05) is 29.9 Å². The molecule has 2 aromatic heterocycles. The van der Waals surface area contributed by atoms with Crippen molar-refractivity contribution < 1.29 is 28.0 Å². The van der Waals surface area contributed by atoms with Gasteiger partial charge >= 0.3 is 6.09 Å². The highest BCUT2D eigenvalue weighted by Crippen LogP contribution is 2.39.